The molecule has 0 saturated heterocycles. The molecule has 1 unspecified atom stereocenters. The van der Waals surface area contributed by atoms with Gasteiger partial charge in [0, 0.05) is 32.5 Å². The molecule has 1 aliphatic heterocycles. The number of carbonyl (C=O) groups excluding carboxylic acids is 1. The Kier molecular flexibility index (Phi) is 4.56. The normalized spacial score (nSPS) is 17.6. The molecule has 25 heavy (non-hydrogen) atoms. The van der Waals surface area contributed by atoms with E-state index in [9.17, 15) is 13.4 Å². The number of ketones is 1. The number of hydrogen-bond acceptors (Lipinski definition) is 3. The fraction of sp³-hybridized carbons (Fsp3) is 0.211. The maximum atomic E-state index is 14.6. The zero-order valence-corrected chi connectivity index (χ0v) is 15.5. The molecule has 3 nitrogen and oxygen atoms in total. The molecule has 0 spiro atoms. The van der Waals surface area contributed by atoms with Crippen molar-refractivity contribution >= 4 is 39.5 Å². The first-order valence-electron chi connectivity index (χ1n) is 7.58. The molecule has 2 aromatic rings. The van der Waals surface area contributed by atoms with Gasteiger partial charge in [-0.15, -0.1) is 0 Å². The molecular weight excluding hydrogens is 363 g/mol. The number of carbonyl (C=O) groups is 1. The third-order valence-corrected chi connectivity index (χ3v) is 5.27. The van der Waals surface area contributed by atoms with Crippen molar-refractivity contribution in [3.8, 4) is 0 Å². The molecule has 0 bridgehead atoms. The molecule has 0 saturated carbocycles. The van der Waals surface area contributed by atoms with Crippen molar-refractivity contribution in [2.75, 3.05) is 6.26 Å². The topological polar surface area (TPSA) is 43.4 Å². The number of ether oxygens (including phenoxy) is 1. The number of hydrogen-bond donors (Lipinski definition) is 0. The van der Waals surface area contributed by atoms with Gasteiger partial charge in [-0.2, -0.15) is 0 Å². The number of rotatable bonds is 3. The second kappa shape index (κ2) is 6.39. The van der Waals surface area contributed by atoms with E-state index in [4.69, 9.17) is 16.3 Å². The van der Waals surface area contributed by atoms with Gasteiger partial charge in [0.05, 0.1) is 11.1 Å². The quantitative estimate of drug-likeness (QED) is 0.791. The monoisotopic (exact) mass is 378 g/mol. The van der Waals surface area contributed by atoms with E-state index >= 15 is 0 Å². The van der Waals surface area contributed by atoms with E-state index in [-0.39, 0.29) is 22.7 Å². The van der Waals surface area contributed by atoms with Crippen LogP contribution in [0.1, 0.15) is 25.0 Å². The lowest BCUT2D eigenvalue weighted by molar-refractivity contribution is -0.125. The first-order chi connectivity index (χ1) is 11.7. The summed E-state index contributed by atoms with van der Waals surface area (Å²) in [6.45, 7) is 3.26. The Hall–Kier alpha value is -1.98. The summed E-state index contributed by atoms with van der Waals surface area (Å²) in [4.78, 5) is 13.2. The SMILES string of the molecule is CS(=O)c1ccc(C2=C(c3ccccc3Cl)C(=O)C(C)(C)O2)c(F)c1. The summed E-state index contributed by atoms with van der Waals surface area (Å²) in [5.41, 5.74) is -0.233. The third-order valence-electron chi connectivity index (χ3n) is 4.02. The first kappa shape index (κ1) is 17.8. The number of Topliss-reactive ketones (excluding diaryl/α,β-unsaturated/α-hetero) is 1. The van der Waals surface area contributed by atoms with Crippen LogP contribution in [0.25, 0.3) is 11.3 Å². The molecule has 0 aliphatic carbocycles. The minimum Gasteiger partial charge on any atom is -0.478 e. The molecule has 3 rings (SSSR count). The summed E-state index contributed by atoms with van der Waals surface area (Å²) in [6.07, 6.45) is 1.47. The van der Waals surface area contributed by atoms with Gasteiger partial charge >= 0.3 is 0 Å². The molecule has 0 fully saturated rings. The highest BCUT2D eigenvalue weighted by Crippen LogP contribution is 2.43. The molecule has 0 N–H and O–H groups in total. The Morgan fingerprint density at radius 1 is 1.12 bits per heavy atom. The van der Waals surface area contributed by atoms with Gasteiger partial charge in [-0.05, 0) is 38.1 Å². The van der Waals surface area contributed by atoms with Crippen molar-refractivity contribution in [3.05, 3.63) is 64.4 Å². The van der Waals surface area contributed by atoms with Crippen molar-refractivity contribution in [1.29, 1.82) is 0 Å². The molecule has 1 heterocycles. The average Bonchev–Trinajstić information content (AvgIpc) is 2.78. The fourth-order valence-electron chi connectivity index (χ4n) is 2.71. The zero-order valence-electron chi connectivity index (χ0n) is 13.9. The van der Waals surface area contributed by atoms with Crippen LogP contribution >= 0.6 is 11.6 Å². The van der Waals surface area contributed by atoms with Crippen LogP contribution in [0.3, 0.4) is 0 Å². The van der Waals surface area contributed by atoms with Crippen LogP contribution in [0.15, 0.2) is 47.4 Å². The predicted molar refractivity (Wildman–Crippen MR) is 97.2 cm³/mol. The highest BCUT2D eigenvalue weighted by atomic mass is 35.5. The van der Waals surface area contributed by atoms with E-state index in [0.717, 1.165) is 0 Å². The van der Waals surface area contributed by atoms with Gasteiger partial charge in [-0.25, -0.2) is 4.39 Å². The van der Waals surface area contributed by atoms with E-state index in [1.807, 2.05) is 0 Å². The van der Waals surface area contributed by atoms with Crippen molar-refractivity contribution < 1.29 is 18.1 Å². The summed E-state index contributed by atoms with van der Waals surface area (Å²) in [5, 5.41) is 0.386. The highest BCUT2D eigenvalue weighted by Gasteiger charge is 2.43. The standard InChI is InChI=1S/C19H16ClFO3S/c1-19(2)18(22)16(12-6-4-5-7-14(12)20)17(24-19)13-9-8-11(25(3)23)10-15(13)21/h4-10H,1-3H3. The van der Waals surface area contributed by atoms with Gasteiger partial charge in [0.1, 0.15) is 11.6 Å². The van der Waals surface area contributed by atoms with Crippen molar-refractivity contribution in [2.24, 2.45) is 0 Å². The van der Waals surface area contributed by atoms with E-state index in [1.54, 1.807) is 44.2 Å². The Labute approximate surface area is 152 Å². The molecule has 0 radical (unpaired) electrons. The number of benzene rings is 2. The lowest BCUT2D eigenvalue weighted by Gasteiger charge is -2.18. The van der Waals surface area contributed by atoms with E-state index in [0.29, 0.717) is 15.5 Å². The van der Waals surface area contributed by atoms with Gasteiger partial charge in [-0.1, -0.05) is 29.8 Å². The molecule has 1 atom stereocenters. The van der Waals surface area contributed by atoms with Gasteiger partial charge in [-0.3, -0.25) is 9.00 Å². The fourth-order valence-corrected chi connectivity index (χ4v) is 3.47. The second-order valence-corrected chi connectivity index (χ2v) is 8.01. The van der Waals surface area contributed by atoms with E-state index in [2.05, 4.69) is 0 Å². The van der Waals surface area contributed by atoms with Crippen LogP contribution in [-0.2, 0) is 20.3 Å². The Morgan fingerprint density at radius 2 is 1.80 bits per heavy atom. The van der Waals surface area contributed by atoms with Crippen LogP contribution in [0.4, 0.5) is 4.39 Å². The average molecular weight is 379 g/mol. The third kappa shape index (κ3) is 3.14. The number of halogens is 2. The van der Waals surface area contributed by atoms with E-state index in [1.165, 1.54) is 18.4 Å². The molecule has 6 heteroatoms. The summed E-state index contributed by atoms with van der Waals surface area (Å²) >= 11 is 6.25. The lowest BCUT2D eigenvalue weighted by atomic mass is 9.92. The van der Waals surface area contributed by atoms with E-state index < -0.39 is 22.2 Å². The molecule has 0 amide bonds. The zero-order chi connectivity index (χ0) is 18.4. The van der Waals surface area contributed by atoms with Crippen molar-refractivity contribution in [3.63, 3.8) is 0 Å². The highest BCUT2D eigenvalue weighted by molar-refractivity contribution is 7.84. The second-order valence-electron chi connectivity index (χ2n) is 6.22. The van der Waals surface area contributed by atoms with Gasteiger partial charge < -0.3 is 4.74 Å². The van der Waals surface area contributed by atoms with Gasteiger partial charge in [0.2, 0.25) is 5.78 Å². The summed E-state index contributed by atoms with van der Waals surface area (Å²) in [5.74, 6) is -0.718. The van der Waals surface area contributed by atoms with Crippen LogP contribution in [0.2, 0.25) is 5.02 Å². The summed E-state index contributed by atoms with van der Waals surface area (Å²) in [6, 6.07) is 11.1. The maximum Gasteiger partial charge on any atom is 0.210 e. The first-order valence-corrected chi connectivity index (χ1v) is 9.52. The van der Waals surface area contributed by atoms with Crippen molar-refractivity contribution in [2.45, 2.75) is 24.3 Å². The minimum atomic E-state index is -1.30. The molecule has 130 valence electrons. The Morgan fingerprint density at radius 3 is 2.40 bits per heavy atom. The predicted octanol–water partition coefficient (Wildman–Crippen LogP) is 4.46. The summed E-state index contributed by atoms with van der Waals surface area (Å²) in [7, 11) is -1.30. The maximum absolute atomic E-state index is 14.6. The minimum absolute atomic E-state index is 0.142. The Balaban J connectivity index is 2.25. The smallest absolute Gasteiger partial charge is 0.210 e. The van der Waals surface area contributed by atoms with Crippen LogP contribution in [0.5, 0.6) is 0 Å². The van der Waals surface area contributed by atoms with Crippen LogP contribution < -0.4 is 0 Å². The van der Waals surface area contributed by atoms with Gasteiger partial charge in [0.25, 0.3) is 0 Å². The van der Waals surface area contributed by atoms with Crippen molar-refractivity contribution in [1.82, 2.24) is 0 Å². The lowest BCUT2D eigenvalue weighted by Crippen LogP contribution is -2.29. The Bertz CT molecular complexity index is 934. The van der Waals surface area contributed by atoms with Crippen LogP contribution in [0, 0.1) is 5.82 Å². The summed E-state index contributed by atoms with van der Waals surface area (Å²) < 4.78 is 32.0. The molecular formula is C19H16ClFO3S. The molecule has 0 aromatic heterocycles. The van der Waals surface area contributed by atoms with Gasteiger partial charge in [0.15, 0.2) is 5.60 Å². The molecule has 1 aliphatic rings. The largest absolute Gasteiger partial charge is 0.478 e. The molecule has 2 aromatic carbocycles. The van der Waals surface area contributed by atoms with Crippen LogP contribution in [-0.4, -0.2) is 21.8 Å².